The van der Waals surface area contributed by atoms with E-state index in [4.69, 9.17) is 4.74 Å². The standard InChI is InChI=1S/C17H24N4O2/c1-11-6-12(2)19-15(18-11)20-7-13-9-21(10-14(13)8-20)16(22)23-17(3,4)5/h6-7,14H,8-10H2,1-5H3. The first kappa shape index (κ1) is 15.8. The third-order valence-electron chi connectivity index (χ3n) is 3.96. The number of ether oxygens (including phenoxy) is 1. The van der Waals surface area contributed by atoms with E-state index in [1.807, 2.05) is 40.7 Å². The Morgan fingerprint density at radius 1 is 1.22 bits per heavy atom. The van der Waals surface area contributed by atoms with Crippen molar-refractivity contribution < 1.29 is 9.53 Å². The number of aromatic nitrogens is 2. The van der Waals surface area contributed by atoms with Crippen LogP contribution in [0.3, 0.4) is 0 Å². The van der Waals surface area contributed by atoms with Gasteiger partial charge < -0.3 is 14.5 Å². The molecule has 1 atom stereocenters. The first-order valence-electron chi connectivity index (χ1n) is 7.99. The largest absolute Gasteiger partial charge is 0.444 e. The Labute approximate surface area is 137 Å². The number of aryl methyl sites for hydroxylation is 2. The second-order valence-electron chi connectivity index (χ2n) is 7.36. The molecule has 1 aromatic heterocycles. The SMILES string of the molecule is Cc1cc(C)nc(N2C=C3CN(C(=O)OC(C)(C)C)CC3C2)n1. The van der Waals surface area contributed by atoms with Crippen molar-refractivity contribution in [1.82, 2.24) is 14.9 Å². The smallest absolute Gasteiger partial charge is 0.410 e. The first-order valence-corrected chi connectivity index (χ1v) is 7.99. The fraction of sp³-hybridized carbons (Fsp3) is 0.588. The fourth-order valence-electron chi connectivity index (χ4n) is 3.05. The van der Waals surface area contributed by atoms with Gasteiger partial charge in [-0.15, -0.1) is 0 Å². The Bertz CT molecular complexity index is 643. The predicted octanol–water partition coefficient (Wildman–Crippen LogP) is 2.66. The van der Waals surface area contributed by atoms with Gasteiger partial charge in [-0.2, -0.15) is 0 Å². The molecule has 0 radical (unpaired) electrons. The first-order chi connectivity index (χ1) is 10.7. The average molecular weight is 316 g/mol. The molecule has 0 aromatic carbocycles. The van der Waals surface area contributed by atoms with Crippen molar-refractivity contribution in [3.63, 3.8) is 0 Å². The van der Waals surface area contributed by atoms with Crippen LogP contribution in [0.15, 0.2) is 17.8 Å². The molecule has 6 nitrogen and oxygen atoms in total. The maximum atomic E-state index is 12.2. The van der Waals surface area contributed by atoms with E-state index in [-0.39, 0.29) is 6.09 Å². The van der Waals surface area contributed by atoms with Crippen LogP contribution >= 0.6 is 0 Å². The summed E-state index contributed by atoms with van der Waals surface area (Å²) in [5, 5.41) is 0. The van der Waals surface area contributed by atoms with Crippen molar-refractivity contribution in [3.05, 3.63) is 29.2 Å². The number of nitrogens with zero attached hydrogens (tertiary/aromatic N) is 4. The maximum absolute atomic E-state index is 12.2. The average Bonchev–Trinajstić information content (AvgIpc) is 2.92. The molecule has 1 aromatic rings. The second kappa shape index (κ2) is 5.51. The number of rotatable bonds is 1. The minimum atomic E-state index is -0.456. The highest BCUT2D eigenvalue weighted by Gasteiger charge is 2.38. The van der Waals surface area contributed by atoms with Crippen molar-refractivity contribution in [1.29, 1.82) is 0 Å². The lowest BCUT2D eigenvalue weighted by Gasteiger charge is -2.25. The lowest BCUT2D eigenvalue weighted by molar-refractivity contribution is 0.0291. The summed E-state index contributed by atoms with van der Waals surface area (Å²) in [6.45, 7) is 11.8. The van der Waals surface area contributed by atoms with Crippen LogP contribution in [0.5, 0.6) is 0 Å². The van der Waals surface area contributed by atoms with E-state index in [2.05, 4.69) is 21.1 Å². The zero-order valence-corrected chi connectivity index (χ0v) is 14.5. The van der Waals surface area contributed by atoms with Crippen molar-refractivity contribution in [3.8, 4) is 0 Å². The van der Waals surface area contributed by atoms with Gasteiger partial charge in [-0.1, -0.05) is 0 Å². The quantitative estimate of drug-likeness (QED) is 0.797. The van der Waals surface area contributed by atoms with Crippen molar-refractivity contribution in [2.24, 2.45) is 5.92 Å². The fourth-order valence-corrected chi connectivity index (χ4v) is 3.05. The molecule has 2 aliphatic heterocycles. The summed E-state index contributed by atoms with van der Waals surface area (Å²) in [5.41, 5.74) is 2.73. The Morgan fingerprint density at radius 2 is 1.87 bits per heavy atom. The van der Waals surface area contributed by atoms with E-state index in [1.165, 1.54) is 5.57 Å². The number of amides is 1. The van der Waals surface area contributed by atoms with Crippen molar-refractivity contribution in [2.75, 3.05) is 24.5 Å². The van der Waals surface area contributed by atoms with Gasteiger partial charge in [0.05, 0.1) is 0 Å². The Balaban J connectivity index is 1.70. The zero-order chi connectivity index (χ0) is 16.8. The van der Waals surface area contributed by atoms with Gasteiger partial charge in [0.25, 0.3) is 0 Å². The van der Waals surface area contributed by atoms with E-state index in [9.17, 15) is 4.79 Å². The lowest BCUT2D eigenvalue weighted by Crippen LogP contribution is -2.36. The number of hydrogen-bond donors (Lipinski definition) is 0. The third kappa shape index (κ3) is 3.46. The van der Waals surface area contributed by atoms with E-state index in [1.54, 1.807) is 4.90 Å². The number of carbonyl (C=O) groups is 1. The Morgan fingerprint density at radius 3 is 2.43 bits per heavy atom. The van der Waals surface area contributed by atoms with Crippen LogP contribution in [0.4, 0.5) is 10.7 Å². The molecular weight excluding hydrogens is 292 g/mol. The summed E-state index contributed by atoms with van der Waals surface area (Å²) in [5.74, 6) is 1.08. The van der Waals surface area contributed by atoms with Gasteiger partial charge in [-0.05, 0) is 46.3 Å². The van der Waals surface area contributed by atoms with Gasteiger partial charge in [0.15, 0.2) is 0 Å². The molecule has 0 bridgehead atoms. The molecule has 0 N–H and O–H groups in total. The molecule has 0 saturated carbocycles. The predicted molar refractivity (Wildman–Crippen MR) is 88.2 cm³/mol. The summed E-state index contributed by atoms with van der Waals surface area (Å²) in [7, 11) is 0. The lowest BCUT2D eigenvalue weighted by atomic mass is 10.1. The highest BCUT2D eigenvalue weighted by atomic mass is 16.6. The van der Waals surface area contributed by atoms with Crippen LogP contribution in [0.2, 0.25) is 0 Å². The van der Waals surface area contributed by atoms with Crippen LogP contribution in [-0.4, -0.2) is 46.2 Å². The molecule has 0 aliphatic carbocycles. The minimum Gasteiger partial charge on any atom is -0.444 e. The maximum Gasteiger partial charge on any atom is 0.410 e. The van der Waals surface area contributed by atoms with Gasteiger partial charge in [-0.3, -0.25) is 0 Å². The number of carbonyl (C=O) groups excluding carboxylic acids is 1. The summed E-state index contributed by atoms with van der Waals surface area (Å²) < 4.78 is 5.45. The molecule has 1 amide bonds. The van der Waals surface area contributed by atoms with E-state index in [0.717, 1.165) is 23.9 Å². The third-order valence-corrected chi connectivity index (χ3v) is 3.96. The molecule has 3 heterocycles. The summed E-state index contributed by atoms with van der Waals surface area (Å²) in [6.07, 6.45) is 1.85. The van der Waals surface area contributed by atoms with Crippen LogP contribution < -0.4 is 4.90 Å². The Hall–Kier alpha value is -2.11. The molecule has 124 valence electrons. The van der Waals surface area contributed by atoms with Crippen molar-refractivity contribution >= 4 is 12.0 Å². The molecule has 2 aliphatic rings. The molecule has 0 spiro atoms. The van der Waals surface area contributed by atoms with Crippen LogP contribution in [0.1, 0.15) is 32.2 Å². The second-order valence-corrected chi connectivity index (χ2v) is 7.36. The van der Waals surface area contributed by atoms with Gasteiger partial charge in [-0.25, -0.2) is 14.8 Å². The molecule has 1 saturated heterocycles. The topological polar surface area (TPSA) is 58.6 Å². The Kier molecular flexibility index (Phi) is 3.78. The van der Waals surface area contributed by atoms with E-state index < -0.39 is 5.60 Å². The normalized spacial score (nSPS) is 20.6. The minimum absolute atomic E-state index is 0.234. The number of likely N-dealkylation sites (tertiary alicyclic amines) is 1. The summed E-state index contributed by atoms with van der Waals surface area (Å²) >= 11 is 0. The number of fused-ring (bicyclic) bond motifs is 1. The zero-order valence-electron chi connectivity index (χ0n) is 14.5. The van der Waals surface area contributed by atoms with Gasteiger partial charge in [0.1, 0.15) is 5.60 Å². The highest BCUT2D eigenvalue weighted by molar-refractivity contribution is 5.69. The number of hydrogen-bond acceptors (Lipinski definition) is 5. The molecule has 6 heteroatoms. The monoisotopic (exact) mass is 316 g/mol. The van der Waals surface area contributed by atoms with Crippen LogP contribution in [0.25, 0.3) is 0 Å². The summed E-state index contributed by atoms with van der Waals surface area (Å²) in [4.78, 5) is 25.1. The van der Waals surface area contributed by atoms with Gasteiger partial charge >= 0.3 is 6.09 Å². The molecule has 3 rings (SSSR count). The van der Waals surface area contributed by atoms with Crippen LogP contribution in [-0.2, 0) is 4.74 Å². The van der Waals surface area contributed by atoms with Crippen molar-refractivity contribution in [2.45, 2.75) is 40.2 Å². The summed E-state index contributed by atoms with van der Waals surface area (Å²) in [6, 6.07) is 1.97. The number of anilines is 1. The molecular formula is C17H24N4O2. The van der Waals surface area contributed by atoms with Crippen LogP contribution in [0, 0.1) is 19.8 Å². The highest BCUT2D eigenvalue weighted by Crippen LogP contribution is 2.32. The van der Waals surface area contributed by atoms with E-state index >= 15 is 0 Å². The van der Waals surface area contributed by atoms with Gasteiger partial charge in [0.2, 0.25) is 5.95 Å². The molecule has 23 heavy (non-hydrogen) atoms. The van der Waals surface area contributed by atoms with E-state index in [0.29, 0.717) is 19.0 Å². The van der Waals surface area contributed by atoms with Gasteiger partial charge in [0, 0.05) is 43.1 Å². The molecule has 1 fully saturated rings. The molecule has 1 unspecified atom stereocenters.